The van der Waals surface area contributed by atoms with E-state index >= 15 is 0 Å². The second kappa shape index (κ2) is 7.74. The number of aromatic nitrogens is 1. The van der Waals surface area contributed by atoms with E-state index < -0.39 is 0 Å². The summed E-state index contributed by atoms with van der Waals surface area (Å²) in [6.45, 7) is 4.20. The van der Waals surface area contributed by atoms with Gasteiger partial charge in [0, 0.05) is 25.2 Å². The van der Waals surface area contributed by atoms with Gasteiger partial charge in [-0.2, -0.15) is 0 Å². The van der Waals surface area contributed by atoms with Crippen LogP contribution >= 0.6 is 11.6 Å². The predicted octanol–water partition coefficient (Wildman–Crippen LogP) is 1.77. The molecule has 0 radical (unpaired) electrons. The van der Waals surface area contributed by atoms with E-state index in [1.54, 1.807) is 12.1 Å². The summed E-state index contributed by atoms with van der Waals surface area (Å²) in [6, 6.07) is 3.37. The van der Waals surface area contributed by atoms with E-state index in [1.807, 2.05) is 13.8 Å². The molecule has 1 heterocycles. The van der Waals surface area contributed by atoms with E-state index in [0.717, 1.165) is 6.42 Å². The highest BCUT2D eigenvalue weighted by Gasteiger charge is 2.11. The highest BCUT2D eigenvalue weighted by Crippen LogP contribution is 2.10. The van der Waals surface area contributed by atoms with E-state index in [-0.39, 0.29) is 36.0 Å². The van der Waals surface area contributed by atoms with Crippen LogP contribution in [0.25, 0.3) is 0 Å². The van der Waals surface area contributed by atoms with Crippen molar-refractivity contribution in [3.63, 3.8) is 0 Å². The molecule has 0 spiro atoms. The summed E-state index contributed by atoms with van der Waals surface area (Å²) in [5.74, 6) is -0.402. The van der Waals surface area contributed by atoms with Crippen LogP contribution in [-0.4, -0.2) is 29.4 Å². The molecule has 0 saturated heterocycles. The number of nitrogens with zero attached hydrogens (tertiary/aromatic N) is 1. The molecule has 5 nitrogen and oxygen atoms in total. The largest absolute Gasteiger partial charge is 0.354 e. The van der Waals surface area contributed by atoms with Crippen LogP contribution in [0.3, 0.4) is 0 Å². The van der Waals surface area contributed by atoms with Gasteiger partial charge in [-0.1, -0.05) is 18.5 Å². The SMILES string of the molecule is CCC(C)NC(=O)CCNC(=O)c1cccnc1Cl. The molecular weight excluding hydrogens is 266 g/mol. The molecule has 0 aliphatic rings. The van der Waals surface area contributed by atoms with Gasteiger partial charge in [0.05, 0.1) is 5.56 Å². The van der Waals surface area contributed by atoms with E-state index in [9.17, 15) is 9.59 Å². The number of carbonyl (C=O) groups is 2. The van der Waals surface area contributed by atoms with Crippen molar-refractivity contribution in [3.8, 4) is 0 Å². The molecule has 104 valence electrons. The highest BCUT2D eigenvalue weighted by molar-refractivity contribution is 6.32. The fourth-order valence-electron chi connectivity index (χ4n) is 1.39. The summed E-state index contributed by atoms with van der Waals surface area (Å²) in [5.41, 5.74) is 0.312. The molecule has 0 aliphatic heterocycles. The van der Waals surface area contributed by atoms with Crippen LogP contribution < -0.4 is 10.6 Å². The summed E-state index contributed by atoms with van der Waals surface area (Å²) in [5, 5.41) is 5.62. The Morgan fingerprint density at radius 2 is 2.21 bits per heavy atom. The fourth-order valence-corrected chi connectivity index (χ4v) is 1.59. The van der Waals surface area contributed by atoms with Crippen LogP contribution in [-0.2, 0) is 4.79 Å². The first-order valence-corrected chi connectivity index (χ1v) is 6.60. The Labute approximate surface area is 117 Å². The maximum atomic E-state index is 11.8. The molecular formula is C13H18ClN3O2. The van der Waals surface area contributed by atoms with Crippen LogP contribution in [0.4, 0.5) is 0 Å². The molecule has 1 aromatic rings. The second-order valence-electron chi connectivity index (χ2n) is 4.22. The standard InChI is InChI=1S/C13H18ClN3O2/c1-3-9(2)17-11(18)6-8-16-13(19)10-5-4-7-15-12(10)14/h4-5,7,9H,3,6,8H2,1-2H3,(H,16,19)(H,17,18). The Hall–Kier alpha value is -1.62. The van der Waals surface area contributed by atoms with Crippen molar-refractivity contribution < 1.29 is 9.59 Å². The zero-order valence-electron chi connectivity index (χ0n) is 11.1. The molecule has 1 rings (SSSR count). The van der Waals surface area contributed by atoms with Gasteiger partial charge >= 0.3 is 0 Å². The molecule has 1 aromatic heterocycles. The van der Waals surface area contributed by atoms with Gasteiger partial charge < -0.3 is 10.6 Å². The maximum absolute atomic E-state index is 11.8. The predicted molar refractivity (Wildman–Crippen MR) is 74.1 cm³/mol. The monoisotopic (exact) mass is 283 g/mol. The van der Waals surface area contributed by atoms with Gasteiger partial charge in [0.15, 0.2) is 0 Å². The third-order valence-electron chi connectivity index (χ3n) is 2.66. The minimum absolute atomic E-state index is 0.0769. The molecule has 2 amide bonds. The molecule has 0 aliphatic carbocycles. The summed E-state index contributed by atoms with van der Waals surface area (Å²) >= 11 is 5.80. The van der Waals surface area contributed by atoms with Crippen molar-refractivity contribution in [2.75, 3.05) is 6.54 Å². The quantitative estimate of drug-likeness (QED) is 0.782. The number of rotatable bonds is 6. The molecule has 1 unspecified atom stereocenters. The first-order valence-electron chi connectivity index (χ1n) is 6.22. The summed E-state index contributed by atoms with van der Waals surface area (Å²) in [6.07, 6.45) is 2.63. The van der Waals surface area contributed by atoms with E-state index in [0.29, 0.717) is 5.56 Å². The number of hydrogen-bond donors (Lipinski definition) is 2. The Balaban J connectivity index is 2.36. The lowest BCUT2D eigenvalue weighted by Gasteiger charge is -2.11. The van der Waals surface area contributed by atoms with Gasteiger partial charge in [0.25, 0.3) is 5.91 Å². The van der Waals surface area contributed by atoms with Crippen molar-refractivity contribution in [2.24, 2.45) is 0 Å². The Morgan fingerprint density at radius 3 is 2.84 bits per heavy atom. The molecule has 1 atom stereocenters. The Bertz CT molecular complexity index is 451. The molecule has 0 fully saturated rings. The zero-order valence-corrected chi connectivity index (χ0v) is 11.8. The van der Waals surface area contributed by atoms with Gasteiger partial charge in [-0.15, -0.1) is 0 Å². The Morgan fingerprint density at radius 1 is 1.47 bits per heavy atom. The minimum Gasteiger partial charge on any atom is -0.354 e. The fraction of sp³-hybridized carbons (Fsp3) is 0.462. The van der Waals surface area contributed by atoms with Crippen molar-refractivity contribution >= 4 is 23.4 Å². The average Bonchev–Trinajstić information content (AvgIpc) is 2.38. The normalized spacial score (nSPS) is 11.7. The van der Waals surface area contributed by atoms with E-state index in [4.69, 9.17) is 11.6 Å². The van der Waals surface area contributed by atoms with Gasteiger partial charge in [0.2, 0.25) is 5.91 Å². The lowest BCUT2D eigenvalue weighted by Crippen LogP contribution is -2.35. The third kappa shape index (κ3) is 5.26. The molecule has 0 bridgehead atoms. The number of halogens is 1. The number of nitrogens with one attached hydrogen (secondary N) is 2. The van der Waals surface area contributed by atoms with Crippen LogP contribution in [0.5, 0.6) is 0 Å². The average molecular weight is 284 g/mol. The smallest absolute Gasteiger partial charge is 0.254 e. The summed E-state index contributed by atoms with van der Waals surface area (Å²) < 4.78 is 0. The topological polar surface area (TPSA) is 71.1 Å². The van der Waals surface area contributed by atoms with Crippen molar-refractivity contribution in [1.82, 2.24) is 15.6 Å². The molecule has 0 aromatic carbocycles. The molecule has 6 heteroatoms. The van der Waals surface area contributed by atoms with Crippen LogP contribution in [0, 0.1) is 0 Å². The number of carbonyl (C=O) groups excluding carboxylic acids is 2. The van der Waals surface area contributed by atoms with Crippen molar-refractivity contribution in [1.29, 1.82) is 0 Å². The van der Waals surface area contributed by atoms with Gasteiger partial charge in [-0.05, 0) is 25.5 Å². The van der Waals surface area contributed by atoms with Gasteiger partial charge in [-0.25, -0.2) is 4.98 Å². The maximum Gasteiger partial charge on any atom is 0.254 e. The summed E-state index contributed by atoms with van der Waals surface area (Å²) in [4.78, 5) is 27.1. The van der Waals surface area contributed by atoms with E-state index in [1.165, 1.54) is 6.20 Å². The Kier molecular flexibility index (Phi) is 6.29. The second-order valence-corrected chi connectivity index (χ2v) is 4.58. The summed E-state index contributed by atoms with van der Waals surface area (Å²) in [7, 11) is 0. The zero-order chi connectivity index (χ0) is 14.3. The minimum atomic E-state index is -0.325. The lowest BCUT2D eigenvalue weighted by molar-refractivity contribution is -0.121. The molecule has 0 saturated carbocycles. The highest BCUT2D eigenvalue weighted by atomic mass is 35.5. The van der Waals surface area contributed by atoms with Crippen LogP contribution in [0.1, 0.15) is 37.0 Å². The first-order chi connectivity index (χ1) is 9.04. The first kappa shape index (κ1) is 15.4. The van der Waals surface area contributed by atoms with Crippen molar-refractivity contribution in [2.45, 2.75) is 32.7 Å². The molecule has 2 N–H and O–H groups in total. The van der Waals surface area contributed by atoms with Crippen LogP contribution in [0.15, 0.2) is 18.3 Å². The van der Waals surface area contributed by atoms with Crippen LogP contribution in [0.2, 0.25) is 5.15 Å². The lowest BCUT2D eigenvalue weighted by atomic mass is 10.2. The number of pyridine rings is 1. The third-order valence-corrected chi connectivity index (χ3v) is 2.96. The van der Waals surface area contributed by atoms with E-state index in [2.05, 4.69) is 15.6 Å². The van der Waals surface area contributed by atoms with Gasteiger partial charge in [-0.3, -0.25) is 9.59 Å². The molecule has 19 heavy (non-hydrogen) atoms. The van der Waals surface area contributed by atoms with Crippen molar-refractivity contribution in [3.05, 3.63) is 29.0 Å². The van der Waals surface area contributed by atoms with Gasteiger partial charge in [0.1, 0.15) is 5.15 Å². The number of hydrogen-bond acceptors (Lipinski definition) is 3. The number of amides is 2.